The van der Waals surface area contributed by atoms with E-state index in [-0.39, 0.29) is 5.91 Å². The third-order valence-electron chi connectivity index (χ3n) is 3.78. The predicted octanol–water partition coefficient (Wildman–Crippen LogP) is 1.49. The lowest BCUT2D eigenvalue weighted by molar-refractivity contribution is -0.122. The molecular weight excluding hydrogens is 254 g/mol. The van der Waals surface area contributed by atoms with Crippen LogP contribution in [0.4, 0.5) is 5.69 Å². The van der Waals surface area contributed by atoms with Gasteiger partial charge in [-0.2, -0.15) is 0 Å². The fourth-order valence-corrected chi connectivity index (χ4v) is 2.52. The summed E-state index contributed by atoms with van der Waals surface area (Å²) in [5.74, 6) is 0.811. The number of carbonyl (C=O) groups is 1. The monoisotopic (exact) mass is 277 g/mol. The summed E-state index contributed by atoms with van der Waals surface area (Å²) in [6.45, 7) is 3.94. The first-order valence-corrected chi connectivity index (χ1v) is 7.19. The predicted molar refractivity (Wildman–Crippen MR) is 79.9 cm³/mol. The van der Waals surface area contributed by atoms with E-state index in [2.05, 4.69) is 10.6 Å². The highest BCUT2D eigenvalue weighted by Gasteiger charge is 2.38. The zero-order valence-corrected chi connectivity index (χ0v) is 11.9. The van der Waals surface area contributed by atoms with Crippen molar-refractivity contribution in [2.45, 2.75) is 31.7 Å². The van der Waals surface area contributed by atoms with Crippen molar-refractivity contribution in [3.63, 3.8) is 0 Å². The van der Waals surface area contributed by atoms with E-state index >= 15 is 0 Å². The van der Waals surface area contributed by atoms with Crippen LogP contribution in [0.1, 0.15) is 26.2 Å². The summed E-state index contributed by atoms with van der Waals surface area (Å²) in [6.07, 6.45) is 2.75. The molecule has 1 fully saturated rings. The smallest absolute Gasteiger partial charge is 0.244 e. The molecule has 1 atom stereocenters. The van der Waals surface area contributed by atoms with Crippen LogP contribution in [0.15, 0.2) is 24.3 Å². The lowest BCUT2D eigenvalue weighted by Gasteiger charge is -2.26. The Balaban J connectivity index is 1.97. The molecule has 0 saturated carbocycles. The van der Waals surface area contributed by atoms with Gasteiger partial charge in [-0.25, -0.2) is 0 Å². The minimum atomic E-state index is -0.408. The van der Waals surface area contributed by atoms with Gasteiger partial charge in [-0.1, -0.05) is 6.92 Å². The second-order valence-corrected chi connectivity index (χ2v) is 5.08. The van der Waals surface area contributed by atoms with Gasteiger partial charge in [0.05, 0.1) is 5.54 Å². The summed E-state index contributed by atoms with van der Waals surface area (Å²) < 4.78 is 5.41. The lowest BCUT2D eigenvalue weighted by Crippen LogP contribution is -2.50. The molecule has 1 saturated heterocycles. The van der Waals surface area contributed by atoms with Gasteiger partial charge in [0.15, 0.2) is 0 Å². The Morgan fingerprint density at radius 3 is 2.75 bits per heavy atom. The summed E-state index contributed by atoms with van der Waals surface area (Å²) in [5, 5.41) is 6.31. The van der Waals surface area contributed by atoms with Crippen molar-refractivity contribution in [1.29, 1.82) is 0 Å². The zero-order chi connectivity index (χ0) is 14.4. The maximum atomic E-state index is 12.4. The molecular formula is C15H23N3O2. The van der Waals surface area contributed by atoms with Crippen molar-refractivity contribution < 1.29 is 9.53 Å². The third-order valence-corrected chi connectivity index (χ3v) is 3.78. The number of ether oxygens (including phenoxy) is 1. The number of benzene rings is 1. The minimum Gasteiger partial charge on any atom is -0.492 e. The Morgan fingerprint density at radius 1 is 1.45 bits per heavy atom. The maximum absolute atomic E-state index is 12.4. The van der Waals surface area contributed by atoms with Crippen molar-refractivity contribution in [1.82, 2.24) is 5.32 Å². The van der Waals surface area contributed by atoms with Gasteiger partial charge in [0.25, 0.3) is 0 Å². The number of hydrogen-bond acceptors (Lipinski definition) is 4. The van der Waals surface area contributed by atoms with Gasteiger partial charge in [-0.15, -0.1) is 0 Å². The molecule has 110 valence electrons. The number of anilines is 1. The molecule has 20 heavy (non-hydrogen) atoms. The van der Waals surface area contributed by atoms with E-state index in [1.165, 1.54) is 0 Å². The SMILES string of the molecule is CCC1(C(=O)Nc2ccc(OCCN)cc2)CCCN1. The molecule has 1 aromatic carbocycles. The van der Waals surface area contributed by atoms with Crippen LogP contribution in [0.2, 0.25) is 0 Å². The standard InChI is InChI=1S/C15H23N3O2/c1-2-15(8-3-10-17-15)14(19)18-12-4-6-13(7-5-12)20-11-9-16/h4-7,17H,2-3,8-11,16H2,1H3,(H,18,19). The summed E-state index contributed by atoms with van der Waals surface area (Å²) in [6, 6.07) is 7.38. The largest absolute Gasteiger partial charge is 0.492 e. The van der Waals surface area contributed by atoms with E-state index in [1.54, 1.807) is 0 Å². The highest BCUT2D eigenvalue weighted by Crippen LogP contribution is 2.25. The number of hydrogen-bond donors (Lipinski definition) is 3. The van der Waals surface area contributed by atoms with Crippen molar-refractivity contribution in [2.75, 3.05) is 25.0 Å². The third kappa shape index (κ3) is 3.29. The molecule has 1 aromatic rings. The second kappa shape index (κ2) is 6.72. The molecule has 1 aliphatic rings. The normalized spacial score (nSPS) is 21.7. The van der Waals surface area contributed by atoms with Crippen LogP contribution >= 0.6 is 0 Å². The van der Waals surface area contributed by atoms with E-state index in [4.69, 9.17) is 10.5 Å². The first kappa shape index (κ1) is 14.8. The van der Waals surface area contributed by atoms with Crippen molar-refractivity contribution in [3.05, 3.63) is 24.3 Å². The minimum absolute atomic E-state index is 0.0492. The van der Waals surface area contributed by atoms with E-state index < -0.39 is 5.54 Å². The molecule has 1 unspecified atom stereocenters. The quantitative estimate of drug-likeness (QED) is 0.736. The Morgan fingerprint density at radius 2 is 2.20 bits per heavy atom. The molecule has 4 N–H and O–H groups in total. The number of rotatable bonds is 6. The van der Waals surface area contributed by atoms with Crippen molar-refractivity contribution in [3.8, 4) is 5.75 Å². The Hall–Kier alpha value is -1.59. The van der Waals surface area contributed by atoms with Gasteiger partial charge < -0.3 is 21.1 Å². The van der Waals surface area contributed by atoms with Gasteiger partial charge in [-0.05, 0) is 50.1 Å². The molecule has 1 heterocycles. The summed E-state index contributed by atoms with van der Waals surface area (Å²) >= 11 is 0. The number of nitrogens with one attached hydrogen (secondary N) is 2. The van der Waals surface area contributed by atoms with Gasteiger partial charge >= 0.3 is 0 Å². The van der Waals surface area contributed by atoms with Crippen LogP contribution in [0.5, 0.6) is 5.75 Å². The van der Waals surface area contributed by atoms with Crippen LogP contribution in [0.25, 0.3) is 0 Å². The Kier molecular flexibility index (Phi) is 4.98. The average Bonchev–Trinajstić information content (AvgIpc) is 2.97. The van der Waals surface area contributed by atoms with Gasteiger partial charge in [0.2, 0.25) is 5.91 Å². The lowest BCUT2D eigenvalue weighted by atomic mass is 9.93. The molecule has 2 rings (SSSR count). The van der Waals surface area contributed by atoms with Gasteiger partial charge in [-0.3, -0.25) is 4.79 Å². The highest BCUT2D eigenvalue weighted by atomic mass is 16.5. The summed E-state index contributed by atoms with van der Waals surface area (Å²) in [4.78, 5) is 12.4. The fourth-order valence-electron chi connectivity index (χ4n) is 2.52. The molecule has 0 aromatic heterocycles. The molecule has 1 amide bonds. The summed E-state index contributed by atoms with van der Waals surface area (Å²) in [7, 11) is 0. The highest BCUT2D eigenvalue weighted by molar-refractivity contribution is 5.98. The van der Waals surface area contributed by atoms with Crippen molar-refractivity contribution in [2.24, 2.45) is 5.73 Å². The van der Waals surface area contributed by atoms with Crippen LogP contribution in [0.3, 0.4) is 0 Å². The number of carbonyl (C=O) groups excluding carboxylic acids is 1. The molecule has 0 radical (unpaired) electrons. The van der Waals surface area contributed by atoms with Crippen LogP contribution in [-0.2, 0) is 4.79 Å². The maximum Gasteiger partial charge on any atom is 0.244 e. The number of amides is 1. The molecule has 5 heteroatoms. The van der Waals surface area contributed by atoms with Crippen LogP contribution in [0, 0.1) is 0 Å². The Bertz CT molecular complexity index is 439. The molecule has 1 aliphatic heterocycles. The van der Waals surface area contributed by atoms with E-state index in [1.807, 2.05) is 31.2 Å². The average molecular weight is 277 g/mol. The second-order valence-electron chi connectivity index (χ2n) is 5.08. The fraction of sp³-hybridized carbons (Fsp3) is 0.533. The molecule has 0 spiro atoms. The van der Waals surface area contributed by atoms with Crippen molar-refractivity contribution >= 4 is 11.6 Å². The molecule has 0 bridgehead atoms. The van der Waals surface area contributed by atoms with Gasteiger partial charge in [0, 0.05) is 12.2 Å². The van der Waals surface area contributed by atoms with Crippen LogP contribution in [-0.4, -0.2) is 31.1 Å². The summed E-state index contributed by atoms with van der Waals surface area (Å²) in [5.41, 5.74) is 5.76. The van der Waals surface area contributed by atoms with E-state index in [0.29, 0.717) is 13.2 Å². The van der Waals surface area contributed by atoms with Gasteiger partial charge in [0.1, 0.15) is 12.4 Å². The Labute approximate surface area is 119 Å². The van der Waals surface area contributed by atoms with Crippen LogP contribution < -0.4 is 21.1 Å². The molecule has 0 aliphatic carbocycles. The first-order chi connectivity index (χ1) is 9.70. The number of nitrogens with two attached hydrogens (primary N) is 1. The zero-order valence-electron chi connectivity index (χ0n) is 11.9. The molecule has 5 nitrogen and oxygen atoms in total. The van der Waals surface area contributed by atoms with E-state index in [9.17, 15) is 4.79 Å². The topological polar surface area (TPSA) is 76.4 Å². The van der Waals surface area contributed by atoms with E-state index in [0.717, 1.165) is 37.2 Å². The first-order valence-electron chi connectivity index (χ1n) is 7.19.